The summed E-state index contributed by atoms with van der Waals surface area (Å²) in [7, 11) is 1.74. The Morgan fingerprint density at radius 2 is 2.13 bits per heavy atom. The van der Waals surface area contributed by atoms with Gasteiger partial charge < -0.3 is 4.90 Å². The van der Waals surface area contributed by atoms with E-state index in [0.29, 0.717) is 17.3 Å². The molecule has 1 amide bonds. The fourth-order valence-corrected chi connectivity index (χ4v) is 3.48. The summed E-state index contributed by atoms with van der Waals surface area (Å²) in [6.45, 7) is 4.08. The van der Waals surface area contributed by atoms with Crippen LogP contribution in [-0.2, 0) is 18.3 Å². The molecule has 2 aromatic rings. The number of anilines is 1. The maximum atomic E-state index is 12.6. The first-order chi connectivity index (χ1) is 11.0. The van der Waals surface area contributed by atoms with E-state index in [-0.39, 0.29) is 16.9 Å². The normalized spacial score (nSPS) is 14.7. The first-order valence-electron chi connectivity index (χ1n) is 7.31. The highest BCUT2D eigenvalue weighted by molar-refractivity contribution is 8.00. The number of fused-ring (bicyclic) bond motifs is 1. The van der Waals surface area contributed by atoms with Gasteiger partial charge in [-0.15, -0.1) is 5.10 Å². The second-order valence-corrected chi connectivity index (χ2v) is 6.78. The molecular formula is C15H17N5O2S. The largest absolute Gasteiger partial charge is 0.312 e. The van der Waals surface area contributed by atoms with Crippen LogP contribution in [0.15, 0.2) is 23.4 Å². The van der Waals surface area contributed by atoms with Gasteiger partial charge >= 0.3 is 0 Å². The van der Waals surface area contributed by atoms with Gasteiger partial charge in [0.15, 0.2) is 5.78 Å². The van der Waals surface area contributed by atoms with Crippen molar-refractivity contribution in [2.24, 2.45) is 7.05 Å². The number of nitrogens with zero attached hydrogens (tertiary/aromatic N) is 5. The molecule has 0 N–H and O–H groups in total. The molecule has 0 bridgehead atoms. The van der Waals surface area contributed by atoms with Crippen molar-refractivity contribution in [3.05, 3.63) is 29.3 Å². The fraction of sp³-hybridized carbons (Fsp3) is 0.400. The Hall–Kier alpha value is -2.22. The Bertz CT molecular complexity index is 773. The van der Waals surface area contributed by atoms with Crippen molar-refractivity contribution < 1.29 is 9.59 Å². The summed E-state index contributed by atoms with van der Waals surface area (Å²) in [4.78, 5) is 25.9. The Morgan fingerprint density at radius 1 is 1.35 bits per heavy atom. The van der Waals surface area contributed by atoms with Crippen molar-refractivity contribution in [3.63, 3.8) is 0 Å². The molecule has 0 radical (unpaired) electrons. The molecule has 0 saturated heterocycles. The molecule has 1 unspecified atom stereocenters. The van der Waals surface area contributed by atoms with E-state index in [9.17, 15) is 9.59 Å². The molecule has 1 aromatic heterocycles. The Balaban J connectivity index is 1.78. The number of aryl methyl sites for hydroxylation is 1. The van der Waals surface area contributed by atoms with Crippen LogP contribution in [0.1, 0.15) is 29.8 Å². The molecule has 8 heteroatoms. The van der Waals surface area contributed by atoms with Gasteiger partial charge in [-0.2, -0.15) is 0 Å². The van der Waals surface area contributed by atoms with Gasteiger partial charge in [-0.25, -0.2) is 4.68 Å². The number of rotatable bonds is 4. The lowest BCUT2D eigenvalue weighted by Gasteiger charge is -2.15. The van der Waals surface area contributed by atoms with Crippen molar-refractivity contribution in [1.82, 2.24) is 20.2 Å². The van der Waals surface area contributed by atoms with Crippen LogP contribution < -0.4 is 4.90 Å². The van der Waals surface area contributed by atoms with Crippen LogP contribution in [0.3, 0.4) is 0 Å². The number of aromatic nitrogens is 4. The second kappa shape index (κ2) is 6.11. The molecule has 2 heterocycles. The highest BCUT2D eigenvalue weighted by Gasteiger charge is 2.25. The van der Waals surface area contributed by atoms with Crippen LogP contribution >= 0.6 is 11.8 Å². The van der Waals surface area contributed by atoms with Crippen molar-refractivity contribution >= 4 is 29.1 Å². The number of hydrogen-bond donors (Lipinski definition) is 0. The zero-order valence-electron chi connectivity index (χ0n) is 13.2. The fourth-order valence-electron chi connectivity index (χ4n) is 2.65. The minimum absolute atomic E-state index is 0.0292. The van der Waals surface area contributed by atoms with Crippen LogP contribution in [0.4, 0.5) is 5.69 Å². The zero-order chi connectivity index (χ0) is 16.6. The topological polar surface area (TPSA) is 81.0 Å². The maximum Gasteiger partial charge on any atom is 0.223 e. The van der Waals surface area contributed by atoms with E-state index in [2.05, 4.69) is 15.5 Å². The quantitative estimate of drug-likeness (QED) is 0.623. The lowest BCUT2D eigenvalue weighted by Crippen LogP contribution is -2.25. The number of carbonyl (C=O) groups excluding carboxylic acids is 2. The monoisotopic (exact) mass is 331 g/mol. The number of ketones is 1. The summed E-state index contributed by atoms with van der Waals surface area (Å²) in [5.41, 5.74) is 2.61. The standard InChI is InChI=1S/C15H17N5O2S/c1-9(23-15-16-17-18-19(15)3)14(22)12-4-5-13-11(8-12)6-7-20(13)10(2)21/h4-5,8-9H,6-7H2,1-3H3. The molecule has 3 rings (SSSR count). The number of amides is 1. The molecule has 0 saturated carbocycles. The second-order valence-electron chi connectivity index (χ2n) is 5.47. The number of Topliss-reactive ketones (excluding diaryl/α,β-unsaturated/α-hetero) is 1. The Kier molecular flexibility index (Phi) is 4.16. The SMILES string of the molecule is CC(=O)N1CCc2cc(C(=O)C(C)Sc3nnnn3C)ccc21. The number of thioether (sulfide) groups is 1. The number of benzene rings is 1. The molecule has 120 valence electrons. The van der Waals surface area contributed by atoms with Crippen molar-refractivity contribution in [2.75, 3.05) is 11.4 Å². The molecule has 0 fully saturated rings. The van der Waals surface area contributed by atoms with E-state index in [1.54, 1.807) is 29.6 Å². The molecule has 1 aliphatic heterocycles. The minimum Gasteiger partial charge on any atom is -0.312 e. The molecule has 7 nitrogen and oxygen atoms in total. The molecule has 0 aliphatic carbocycles. The third-order valence-corrected chi connectivity index (χ3v) is 5.00. The van der Waals surface area contributed by atoms with Crippen LogP contribution in [0.25, 0.3) is 0 Å². The third-order valence-electron chi connectivity index (χ3n) is 3.87. The number of carbonyl (C=O) groups is 2. The number of hydrogen-bond acceptors (Lipinski definition) is 6. The molecular weight excluding hydrogens is 314 g/mol. The predicted molar refractivity (Wildman–Crippen MR) is 86.6 cm³/mol. The van der Waals surface area contributed by atoms with E-state index in [0.717, 1.165) is 17.7 Å². The highest BCUT2D eigenvalue weighted by Crippen LogP contribution is 2.30. The van der Waals surface area contributed by atoms with E-state index < -0.39 is 0 Å². The van der Waals surface area contributed by atoms with Gasteiger partial charge in [0.05, 0.1) is 5.25 Å². The van der Waals surface area contributed by atoms with Gasteiger partial charge in [-0.3, -0.25) is 9.59 Å². The lowest BCUT2D eigenvalue weighted by atomic mass is 10.0. The smallest absolute Gasteiger partial charge is 0.223 e. The predicted octanol–water partition coefficient (Wildman–Crippen LogP) is 1.48. The average Bonchev–Trinajstić information content (AvgIpc) is 3.12. The van der Waals surface area contributed by atoms with Gasteiger partial charge in [-0.1, -0.05) is 11.8 Å². The summed E-state index contributed by atoms with van der Waals surface area (Å²) in [6, 6.07) is 5.54. The molecule has 1 aromatic carbocycles. The van der Waals surface area contributed by atoms with Gasteiger partial charge in [0.25, 0.3) is 0 Å². The van der Waals surface area contributed by atoms with Gasteiger partial charge in [0, 0.05) is 31.8 Å². The Morgan fingerprint density at radius 3 is 2.78 bits per heavy atom. The van der Waals surface area contributed by atoms with Gasteiger partial charge in [0.2, 0.25) is 11.1 Å². The zero-order valence-corrected chi connectivity index (χ0v) is 14.0. The highest BCUT2D eigenvalue weighted by atomic mass is 32.2. The van der Waals surface area contributed by atoms with E-state index in [4.69, 9.17) is 0 Å². The first-order valence-corrected chi connectivity index (χ1v) is 8.19. The van der Waals surface area contributed by atoms with E-state index >= 15 is 0 Å². The van der Waals surface area contributed by atoms with Crippen LogP contribution in [0.2, 0.25) is 0 Å². The van der Waals surface area contributed by atoms with Crippen molar-refractivity contribution in [1.29, 1.82) is 0 Å². The number of tetrazole rings is 1. The lowest BCUT2D eigenvalue weighted by molar-refractivity contribution is -0.116. The molecule has 1 atom stereocenters. The van der Waals surface area contributed by atoms with Gasteiger partial charge in [-0.05, 0) is 47.5 Å². The first kappa shape index (κ1) is 15.7. The summed E-state index contributed by atoms with van der Waals surface area (Å²) >= 11 is 1.33. The van der Waals surface area contributed by atoms with Crippen LogP contribution in [0.5, 0.6) is 0 Å². The summed E-state index contributed by atoms with van der Waals surface area (Å²) in [6.07, 6.45) is 0.783. The van der Waals surface area contributed by atoms with E-state index in [1.807, 2.05) is 19.1 Å². The molecule has 23 heavy (non-hydrogen) atoms. The van der Waals surface area contributed by atoms with Crippen molar-refractivity contribution in [3.8, 4) is 0 Å². The maximum absolute atomic E-state index is 12.6. The Labute approximate surface area is 138 Å². The summed E-state index contributed by atoms with van der Waals surface area (Å²) in [5.74, 6) is 0.0589. The van der Waals surface area contributed by atoms with Crippen LogP contribution in [0, 0.1) is 0 Å². The third kappa shape index (κ3) is 2.98. The molecule has 0 spiro atoms. The van der Waals surface area contributed by atoms with Crippen molar-refractivity contribution in [2.45, 2.75) is 30.7 Å². The molecule has 1 aliphatic rings. The summed E-state index contributed by atoms with van der Waals surface area (Å²) < 4.78 is 1.54. The van der Waals surface area contributed by atoms with E-state index in [1.165, 1.54) is 11.8 Å². The van der Waals surface area contributed by atoms with Crippen LogP contribution in [-0.4, -0.2) is 43.7 Å². The summed E-state index contributed by atoms with van der Waals surface area (Å²) in [5, 5.41) is 11.5. The average molecular weight is 331 g/mol. The van der Waals surface area contributed by atoms with Gasteiger partial charge in [0.1, 0.15) is 0 Å². The minimum atomic E-state index is -0.289.